The van der Waals surface area contributed by atoms with Crippen LogP contribution in [-0.2, 0) is 17.8 Å². The van der Waals surface area contributed by atoms with Gasteiger partial charge >= 0.3 is 5.97 Å². The van der Waals surface area contributed by atoms with Gasteiger partial charge < -0.3 is 20.2 Å². The van der Waals surface area contributed by atoms with Gasteiger partial charge in [-0.05, 0) is 45.8 Å². The molecule has 0 radical (unpaired) electrons. The van der Waals surface area contributed by atoms with Gasteiger partial charge in [-0.1, -0.05) is 30.7 Å². The summed E-state index contributed by atoms with van der Waals surface area (Å²) in [5.74, 6) is -0.961. The Morgan fingerprint density at radius 2 is 1.93 bits per heavy atom. The predicted octanol–water partition coefficient (Wildman–Crippen LogP) is 5.23. The molecule has 9 nitrogen and oxygen atoms in total. The van der Waals surface area contributed by atoms with Gasteiger partial charge in [0.1, 0.15) is 11.6 Å². The maximum atomic E-state index is 16.3. The molecule has 0 aliphatic carbocycles. The lowest BCUT2D eigenvalue weighted by Crippen LogP contribution is -2.51. The summed E-state index contributed by atoms with van der Waals surface area (Å²) in [5, 5.41) is 20.9. The third-order valence-corrected chi connectivity index (χ3v) is 8.96. The number of aromatic amines is 1. The van der Waals surface area contributed by atoms with Gasteiger partial charge in [-0.3, -0.25) is 14.8 Å². The van der Waals surface area contributed by atoms with Crippen molar-refractivity contribution in [3.8, 4) is 0 Å². The summed E-state index contributed by atoms with van der Waals surface area (Å²) in [6.07, 6.45) is 1.18. The number of aliphatic carboxylic acids is 1. The van der Waals surface area contributed by atoms with Crippen molar-refractivity contribution in [2.45, 2.75) is 52.1 Å². The van der Waals surface area contributed by atoms with Crippen LogP contribution in [0.3, 0.4) is 0 Å². The third kappa shape index (κ3) is 6.38. The number of nitrogens with zero attached hydrogens (tertiary/aromatic N) is 5. The van der Waals surface area contributed by atoms with E-state index >= 15 is 4.39 Å². The quantitative estimate of drug-likeness (QED) is 0.307. The first-order chi connectivity index (χ1) is 20.1. The molecule has 0 unspecified atom stereocenters. The number of piperidine rings is 1. The van der Waals surface area contributed by atoms with E-state index in [1.54, 1.807) is 18.2 Å². The number of hydrogen-bond donors (Lipinski definition) is 3. The first-order valence-electron chi connectivity index (χ1n) is 14.4. The minimum absolute atomic E-state index is 0.0557. The van der Waals surface area contributed by atoms with E-state index in [1.807, 2.05) is 31.9 Å². The highest BCUT2D eigenvalue weighted by Crippen LogP contribution is 2.41. The topological polar surface area (TPSA) is 101 Å². The number of likely N-dealkylation sites (tertiary alicyclic amines) is 1. The Morgan fingerprint density at radius 3 is 2.60 bits per heavy atom. The number of aromatic nitrogens is 3. The molecule has 4 heterocycles. The van der Waals surface area contributed by atoms with Gasteiger partial charge in [0.2, 0.25) is 0 Å². The predicted molar refractivity (Wildman–Crippen MR) is 159 cm³/mol. The highest BCUT2D eigenvalue weighted by atomic mass is 35.5. The van der Waals surface area contributed by atoms with Gasteiger partial charge in [-0.15, -0.1) is 0 Å². The molecule has 0 saturated carbocycles. The fraction of sp³-hybridized carbons (Fsp3) is 0.500. The SMILES string of the molecule is CC[C@@H]1C[C@](Cc2nc(Nc3cc(C)[nH]n3)cc(N3CCN(C)CC3)c2F)(C(=O)O)CCN1Cc1cccc(Cl)c1F. The molecule has 2 aromatic heterocycles. The molecule has 3 N–H and O–H groups in total. The van der Waals surface area contributed by atoms with Crippen molar-refractivity contribution in [3.63, 3.8) is 0 Å². The maximum Gasteiger partial charge on any atom is 0.310 e. The zero-order valence-corrected chi connectivity index (χ0v) is 25.0. The van der Waals surface area contributed by atoms with E-state index in [-0.39, 0.29) is 29.6 Å². The Kier molecular flexibility index (Phi) is 9.00. The normalized spacial score (nSPS) is 22.0. The minimum Gasteiger partial charge on any atom is -0.481 e. The molecule has 2 aliphatic rings. The van der Waals surface area contributed by atoms with Crippen LogP contribution >= 0.6 is 11.6 Å². The summed E-state index contributed by atoms with van der Waals surface area (Å²) in [6.45, 7) is 7.49. The molecule has 0 spiro atoms. The number of likely N-dealkylation sites (N-methyl/N-ethyl adjacent to an activating group) is 1. The van der Waals surface area contributed by atoms with Crippen molar-refractivity contribution < 1.29 is 18.7 Å². The Labute approximate surface area is 249 Å². The second kappa shape index (κ2) is 12.5. The number of piperazine rings is 1. The van der Waals surface area contributed by atoms with Crippen LogP contribution in [0.2, 0.25) is 5.02 Å². The maximum absolute atomic E-state index is 16.3. The van der Waals surface area contributed by atoms with Crippen LogP contribution in [0.4, 0.5) is 26.1 Å². The Bertz CT molecular complexity index is 1430. The molecule has 226 valence electrons. The molecule has 2 fully saturated rings. The zero-order valence-electron chi connectivity index (χ0n) is 24.3. The molecule has 42 heavy (non-hydrogen) atoms. The molecule has 1 aromatic carbocycles. The van der Waals surface area contributed by atoms with Gasteiger partial charge in [0, 0.05) is 68.6 Å². The molecule has 3 aromatic rings. The van der Waals surface area contributed by atoms with Crippen molar-refractivity contribution in [2.75, 3.05) is 50.0 Å². The lowest BCUT2D eigenvalue weighted by molar-refractivity contribution is -0.154. The minimum atomic E-state index is -1.22. The van der Waals surface area contributed by atoms with E-state index in [2.05, 4.69) is 30.3 Å². The van der Waals surface area contributed by atoms with Crippen molar-refractivity contribution in [3.05, 3.63) is 63.9 Å². The van der Waals surface area contributed by atoms with Gasteiger partial charge in [-0.25, -0.2) is 13.8 Å². The molecular formula is C30H38ClF2N7O2. The van der Waals surface area contributed by atoms with Crippen LogP contribution < -0.4 is 10.2 Å². The smallest absolute Gasteiger partial charge is 0.310 e. The van der Waals surface area contributed by atoms with Crippen LogP contribution in [0.5, 0.6) is 0 Å². The third-order valence-electron chi connectivity index (χ3n) is 8.67. The molecule has 0 bridgehead atoms. The van der Waals surface area contributed by atoms with Gasteiger partial charge in [0.05, 0.1) is 21.8 Å². The van der Waals surface area contributed by atoms with Gasteiger partial charge in [-0.2, -0.15) is 5.10 Å². The van der Waals surface area contributed by atoms with Crippen molar-refractivity contribution in [1.29, 1.82) is 0 Å². The summed E-state index contributed by atoms with van der Waals surface area (Å²) >= 11 is 6.00. The average molecular weight is 602 g/mol. The number of benzene rings is 1. The Balaban J connectivity index is 1.45. The van der Waals surface area contributed by atoms with E-state index in [9.17, 15) is 14.3 Å². The van der Waals surface area contributed by atoms with Crippen LogP contribution in [-0.4, -0.2) is 81.9 Å². The van der Waals surface area contributed by atoms with Crippen LogP contribution in [0.15, 0.2) is 30.3 Å². The summed E-state index contributed by atoms with van der Waals surface area (Å²) in [4.78, 5) is 23.8. The van der Waals surface area contributed by atoms with E-state index in [4.69, 9.17) is 11.6 Å². The van der Waals surface area contributed by atoms with Crippen molar-refractivity contribution in [2.24, 2.45) is 5.41 Å². The lowest BCUT2D eigenvalue weighted by Gasteiger charge is -2.44. The summed E-state index contributed by atoms with van der Waals surface area (Å²) in [5.41, 5.74) is 0.635. The second-order valence-corrected chi connectivity index (χ2v) is 12.0. The number of carbonyl (C=O) groups is 1. The number of carboxylic acids is 1. The van der Waals surface area contributed by atoms with E-state index in [1.165, 1.54) is 6.07 Å². The lowest BCUT2D eigenvalue weighted by atomic mass is 9.71. The number of H-pyrrole nitrogens is 1. The number of anilines is 3. The highest BCUT2D eigenvalue weighted by molar-refractivity contribution is 6.30. The first-order valence-corrected chi connectivity index (χ1v) is 14.8. The number of carboxylic acid groups (broad SMARTS) is 1. The van der Waals surface area contributed by atoms with Gasteiger partial charge in [0.25, 0.3) is 0 Å². The van der Waals surface area contributed by atoms with Crippen LogP contribution in [0.25, 0.3) is 0 Å². The highest BCUT2D eigenvalue weighted by Gasteiger charge is 2.46. The molecule has 5 rings (SSSR count). The molecule has 2 saturated heterocycles. The number of hydrogen-bond acceptors (Lipinski definition) is 7. The number of nitrogens with one attached hydrogen (secondary N) is 2. The second-order valence-electron chi connectivity index (χ2n) is 11.6. The van der Waals surface area contributed by atoms with E-state index in [0.29, 0.717) is 61.9 Å². The summed E-state index contributed by atoms with van der Waals surface area (Å²) < 4.78 is 31.0. The number of rotatable bonds is 9. The zero-order chi connectivity index (χ0) is 30.0. The average Bonchev–Trinajstić information content (AvgIpc) is 3.38. The largest absolute Gasteiger partial charge is 0.481 e. The summed E-state index contributed by atoms with van der Waals surface area (Å²) in [7, 11) is 2.03. The number of halogens is 3. The first kappa shape index (κ1) is 30.2. The number of pyridine rings is 1. The molecule has 2 aliphatic heterocycles. The molecule has 0 amide bonds. The van der Waals surface area contributed by atoms with Crippen LogP contribution in [0.1, 0.15) is 43.1 Å². The molecule has 2 atom stereocenters. The van der Waals surface area contributed by atoms with E-state index in [0.717, 1.165) is 18.8 Å². The summed E-state index contributed by atoms with van der Waals surface area (Å²) in [6, 6.07) is 8.29. The van der Waals surface area contributed by atoms with E-state index < -0.39 is 23.0 Å². The molecular weight excluding hydrogens is 564 g/mol. The number of aryl methyl sites for hydroxylation is 1. The van der Waals surface area contributed by atoms with Crippen LogP contribution in [0, 0.1) is 24.0 Å². The fourth-order valence-electron chi connectivity index (χ4n) is 6.11. The van der Waals surface area contributed by atoms with Crippen molar-refractivity contribution >= 4 is 34.9 Å². The Morgan fingerprint density at radius 1 is 1.17 bits per heavy atom. The Hall–Kier alpha value is -3.28. The molecule has 12 heteroatoms. The van der Waals surface area contributed by atoms with Crippen molar-refractivity contribution in [1.82, 2.24) is 25.0 Å². The van der Waals surface area contributed by atoms with Gasteiger partial charge in [0.15, 0.2) is 11.6 Å². The fourth-order valence-corrected chi connectivity index (χ4v) is 6.31. The monoisotopic (exact) mass is 601 g/mol. The standard InChI is InChI=1S/C30H38ClF2N7O2/c1-4-21-16-30(29(41)42,8-9-40(21)18-20-6-5-7-22(31)27(20)32)17-23-28(33)24(39-12-10-38(3)11-13-39)15-25(34-23)35-26-14-19(2)36-37-26/h5-7,14-15,21H,4,8-13,16-18H2,1-3H3,(H,41,42)(H2,34,35,36,37)/t21-,30-/m1/s1.